The molecule has 0 unspecified atom stereocenters. The van der Waals surface area contributed by atoms with Gasteiger partial charge in [-0.1, -0.05) is 6.07 Å². The van der Waals surface area contributed by atoms with Crippen LogP contribution < -0.4 is 5.32 Å². The molecule has 0 radical (unpaired) electrons. The zero-order chi connectivity index (χ0) is 14.8. The number of aromatic nitrogens is 4. The Labute approximate surface area is 123 Å². The van der Waals surface area contributed by atoms with Crippen molar-refractivity contribution in [2.45, 2.75) is 10.2 Å². The highest BCUT2D eigenvalue weighted by Gasteiger charge is 2.19. The number of nitrogens with zero attached hydrogens (tertiary/aromatic N) is 5. The molecule has 106 valence electrons. The van der Waals surface area contributed by atoms with E-state index in [0.717, 1.165) is 11.8 Å². The molecule has 21 heavy (non-hydrogen) atoms. The first-order valence-electron chi connectivity index (χ1n) is 6.00. The highest BCUT2D eigenvalue weighted by molar-refractivity contribution is 7.99. The van der Waals surface area contributed by atoms with Crippen molar-refractivity contribution in [2.75, 3.05) is 12.4 Å². The van der Waals surface area contributed by atoms with Crippen LogP contribution in [-0.2, 0) is 0 Å². The third kappa shape index (κ3) is 2.50. The van der Waals surface area contributed by atoms with Gasteiger partial charge in [-0.15, -0.1) is 10.2 Å². The van der Waals surface area contributed by atoms with Gasteiger partial charge >= 0.3 is 5.69 Å². The van der Waals surface area contributed by atoms with Crippen LogP contribution >= 0.6 is 11.8 Å². The minimum Gasteiger partial charge on any atom is -0.373 e. The van der Waals surface area contributed by atoms with Crippen molar-refractivity contribution in [3.05, 3.63) is 46.6 Å². The molecule has 0 aliphatic rings. The normalized spacial score (nSPS) is 10.7. The Hall–Kier alpha value is -2.68. The second-order valence-electron chi connectivity index (χ2n) is 4.04. The average Bonchev–Trinajstić information content (AvgIpc) is 2.90. The van der Waals surface area contributed by atoms with Gasteiger partial charge in [-0.2, -0.15) is 0 Å². The largest absolute Gasteiger partial charge is 0.373 e. The summed E-state index contributed by atoms with van der Waals surface area (Å²) in [5.74, 6) is 0.553. The first-order chi connectivity index (χ1) is 10.2. The molecular formula is C12H10N6O2S. The lowest BCUT2D eigenvalue weighted by molar-refractivity contribution is -0.388. The molecule has 0 spiro atoms. The number of hydrogen-bond donors (Lipinski definition) is 1. The van der Waals surface area contributed by atoms with Crippen LogP contribution in [0.3, 0.4) is 0 Å². The Kier molecular flexibility index (Phi) is 3.40. The summed E-state index contributed by atoms with van der Waals surface area (Å²) >= 11 is 1.10. The Morgan fingerprint density at radius 1 is 1.29 bits per heavy atom. The van der Waals surface area contributed by atoms with Gasteiger partial charge in [-0.3, -0.25) is 14.5 Å². The van der Waals surface area contributed by atoms with Crippen LogP contribution in [0, 0.1) is 10.1 Å². The van der Waals surface area contributed by atoms with Crippen LogP contribution in [0.15, 0.2) is 46.7 Å². The summed E-state index contributed by atoms with van der Waals surface area (Å²) in [6.45, 7) is 0. The van der Waals surface area contributed by atoms with Crippen LogP contribution in [0.5, 0.6) is 0 Å². The lowest BCUT2D eigenvalue weighted by Gasteiger charge is -2.04. The molecule has 0 aliphatic heterocycles. The molecule has 0 saturated carbocycles. The average molecular weight is 302 g/mol. The van der Waals surface area contributed by atoms with E-state index < -0.39 is 4.92 Å². The van der Waals surface area contributed by atoms with E-state index in [4.69, 9.17) is 0 Å². The number of rotatable bonds is 4. The fourth-order valence-corrected chi connectivity index (χ4v) is 2.66. The maximum absolute atomic E-state index is 11.1. The molecular weight excluding hydrogens is 292 g/mol. The van der Waals surface area contributed by atoms with Crippen LogP contribution in [0.25, 0.3) is 5.65 Å². The van der Waals surface area contributed by atoms with Crippen LogP contribution in [0.1, 0.15) is 0 Å². The van der Waals surface area contributed by atoms with E-state index in [1.165, 1.54) is 6.07 Å². The molecule has 0 saturated heterocycles. The molecule has 3 aromatic rings. The van der Waals surface area contributed by atoms with Crippen LogP contribution in [0.4, 0.5) is 11.5 Å². The molecule has 0 amide bonds. The number of anilines is 1. The minimum atomic E-state index is -0.460. The Bertz CT molecular complexity index is 818. The second-order valence-corrected chi connectivity index (χ2v) is 5.00. The summed E-state index contributed by atoms with van der Waals surface area (Å²) in [5.41, 5.74) is 0.610. The van der Waals surface area contributed by atoms with Gasteiger partial charge in [-0.05, 0) is 30.0 Å². The smallest absolute Gasteiger partial charge is 0.301 e. The number of hydrogen-bond acceptors (Lipinski definition) is 7. The van der Waals surface area contributed by atoms with Crippen molar-refractivity contribution in [3.8, 4) is 0 Å². The SMILES string of the molecule is CNc1ccc([N+](=O)[O-])c(Sc2nnc3ccccn23)n1. The highest BCUT2D eigenvalue weighted by Crippen LogP contribution is 2.33. The number of nitrogens with one attached hydrogen (secondary N) is 1. The van der Waals surface area contributed by atoms with Gasteiger partial charge in [-0.25, -0.2) is 4.98 Å². The molecule has 0 fully saturated rings. The topological polar surface area (TPSA) is 98.2 Å². The summed E-state index contributed by atoms with van der Waals surface area (Å²) in [6.07, 6.45) is 1.80. The molecule has 8 nitrogen and oxygen atoms in total. The predicted molar refractivity (Wildman–Crippen MR) is 77.5 cm³/mol. The first-order valence-corrected chi connectivity index (χ1v) is 6.81. The van der Waals surface area contributed by atoms with E-state index in [9.17, 15) is 10.1 Å². The molecule has 0 aromatic carbocycles. The van der Waals surface area contributed by atoms with Crippen LogP contribution in [0.2, 0.25) is 0 Å². The van der Waals surface area contributed by atoms with Gasteiger partial charge in [0, 0.05) is 19.3 Å². The quantitative estimate of drug-likeness (QED) is 0.582. The van der Waals surface area contributed by atoms with Crippen molar-refractivity contribution < 1.29 is 4.92 Å². The first kappa shape index (κ1) is 13.3. The Morgan fingerprint density at radius 3 is 2.90 bits per heavy atom. The van der Waals surface area contributed by atoms with E-state index in [2.05, 4.69) is 20.5 Å². The molecule has 3 heterocycles. The zero-order valence-electron chi connectivity index (χ0n) is 10.9. The van der Waals surface area contributed by atoms with Crippen LogP contribution in [-0.4, -0.2) is 31.6 Å². The summed E-state index contributed by atoms with van der Waals surface area (Å²) in [6, 6.07) is 8.48. The van der Waals surface area contributed by atoms with Crippen molar-refractivity contribution in [1.29, 1.82) is 0 Å². The van der Waals surface area contributed by atoms with Gasteiger partial charge < -0.3 is 5.32 Å². The van der Waals surface area contributed by atoms with Crippen molar-refractivity contribution in [1.82, 2.24) is 19.6 Å². The van der Waals surface area contributed by atoms with Gasteiger partial charge in [0.05, 0.1) is 4.92 Å². The van der Waals surface area contributed by atoms with E-state index in [1.54, 1.807) is 23.7 Å². The maximum atomic E-state index is 11.1. The molecule has 0 atom stereocenters. The molecule has 1 N–H and O–H groups in total. The third-order valence-electron chi connectivity index (χ3n) is 2.76. The van der Waals surface area contributed by atoms with E-state index >= 15 is 0 Å². The van der Waals surface area contributed by atoms with Gasteiger partial charge in [0.15, 0.2) is 10.7 Å². The molecule has 0 bridgehead atoms. The fourth-order valence-electron chi connectivity index (χ4n) is 1.76. The van der Waals surface area contributed by atoms with E-state index in [0.29, 0.717) is 16.6 Å². The highest BCUT2D eigenvalue weighted by atomic mass is 32.2. The van der Waals surface area contributed by atoms with Gasteiger partial charge in [0.2, 0.25) is 5.16 Å². The summed E-state index contributed by atoms with van der Waals surface area (Å²) in [4.78, 5) is 14.9. The molecule has 3 aromatic heterocycles. The Morgan fingerprint density at radius 2 is 2.14 bits per heavy atom. The van der Waals surface area contributed by atoms with Gasteiger partial charge in [0.25, 0.3) is 0 Å². The Balaban J connectivity index is 2.06. The third-order valence-corrected chi connectivity index (χ3v) is 3.72. The number of pyridine rings is 2. The number of fused-ring (bicyclic) bond motifs is 1. The summed E-state index contributed by atoms with van der Waals surface area (Å²) < 4.78 is 1.75. The maximum Gasteiger partial charge on any atom is 0.301 e. The molecule has 9 heteroatoms. The minimum absolute atomic E-state index is 0.0633. The summed E-state index contributed by atoms with van der Waals surface area (Å²) in [7, 11) is 1.70. The molecule has 0 aliphatic carbocycles. The standard InChI is InChI=1S/C12H10N6O2S/c1-13-9-6-5-8(18(19)20)11(14-9)21-12-16-15-10-4-2-3-7-17(10)12/h2-7H,1H3,(H,13,14). The monoisotopic (exact) mass is 302 g/mol. The van der Waals surface area contributed by atoms with E-state index in [1.807, 2.05) is 18.2 Å². The predicted octanol–water partition coefficient (Wildman–Crippen LogP) is 2.23. The lowest BCUT2D eigenvalue weighted by Crippen LogP contribution is -1.98. The van der Waals surface area contributed by atoms with E-state index in [-0.39, 0.29) is 10.7 Å². The van der Waals surface area contributed by atoms with Crippen molar-refractivity contribution in [2.24, 2.45) is 0 Å². The second kappa shape index (κ2) is 5.37. The van der Waals surface area contributed by atoms with Gasteiger partial charge in [0.1, 0.15) is 5.82 Å². The zero-order valence-corrected chi connectivity index (χ0v) is 11.7. The fraction of sp³-hybridized carbons (Fsp3) is 0.0833. The lowest BCUT2D eigenvalue weighted by atomic mass is 10.4. The van der Waals surface area contributed by atoms with Crippen molar-refractivity contribution in [3.63, 3.8) is 0 Å². The number of nitro groups is 1. The van der Waals surface area contributed by atoms with Crippen molar-refractivity contribution >= 4 is 28.9 Å². The summed E-state index contributed by atoms with van der Waals surface area (Å²) in [5, 5.41) is 22.8. The molecule has 3 rings (SSSR count).